The summed E-state index contributed by atoms with van der Waals surface area (Å²) in [5.41, 5.74) is 2.53. The zero-order valence-electron chi connectivity index (χ0n) is 19.0. The van der Waals surface area contributed by atoms with Gasteiger partial charge in [0.25, 0.3) is 0 Å². The third kappa shape index (κ3) is 9.11. The van der Waals surface area contributed by atoms with Crippen molar-refractivity contribution < 1.29 is 13.2 Å². The Morgan fingerprint density at radius 3 is 2.53 bits per heavy atom. The number of aliphatic imine (C=N–C) groups is 1. The van der Waals surface area contributed by atoms with Crippen LogP contribution in [0.3, 0.4) is 0 Å². The van der Waals surface area contributed by atoms with Crippen molar-refractivity contribution in [3.8, 4) is 0 Å². The molecule has 0 bridgehead atoms. The summed E-state index contributed by atoms with van der Waals surface area (Å²) in [6, 6.07) is 10.9. The van der Waals surface area contributed by atoms with E-state index in [-0.39, 0.29) is 36.4 Å². The average Bonchev–Trinajstić information content (AvgIpc) is 2.73. The number of hydrogen-bond donors (Lipinski definition) is 2. The van der Waals surface area contributed by atoms with E-state index in [0.717, 1.165) is 11.3 Å². The van der Waals surface area contributed by atoms with E-state index in [1.807, 2.05) is 31.2 Å². The minimum Gasteiger partial charge on any atom is -0.357 e. The van der Waals surface area contributed by atoms with Crippen molar-refractivity contribution in [1.82, 2.24) is 20.5 Å². The molecule has 0 aliphatic carbocycles. The SMILES string of the molecule is CCNC(=NCc1ccc(S(C)(=O)=O)c(C)c1)NCC(=O)N(C)CCc1ccccn1.I. The minimum absolute atomic E-state index is 0. The number of hydrogen-bond acceptors (Lipinski definition) is 5. The van der Waals surface area contributed by atoms with Crippen LogP contribution in [0.15, 0.2) is 52.5 Å². The number of halogens is 1. The molecule has 176 valence electrons. The molecule has 0 fully saturated rings. The number of aromatic nitrogens is 1. The largest absolute Gasteiger partial charge is 0.357 e. The van der Waals surface area contributed by atoms with Gasteiger partial charge >= 0.3 is 0 Å². The lowest BCUT2D eigenvalue weighted by atomic mass is 10.1. The second-order valence-corrected chi connectivity index (χ2v) is 9.29. The van der Waals surface area contributed by atoms with E-state index in [1.165, 1.54) is 6.26 Å². The van der Waals surface area contributed by atoms with Crippen LogP contribution in [-0.2, 0) is 27.6 Å². The van der Waals surface area contributed by atoms with Crippen LogP contribution in [0.5, 0.6) is 0 Å². The zero-order valence-corrected chi connectivity index (χ0v) is 22.1. The second-order valence-electron chi connectivity index (χ2n) is 7.31. The molecule has 2 aromatic rings. The molecule has 2 N–H and O–H groups in total. The first-order valence-corrected chi connectivity index (χ1v) is 12.1. The van der Waals surface area contributed by atoms with E-state index in [2.05, 4.69) is 20.6 Å². The van der Waals surface area contributed by atoms with Crippen LogP contribution in [0.4, 0.5) is 0 Å². The summed E-state index contributed by atoms with van der Waals surface area (Å²) in [6.45, 7) is 5.44. The average molecular weight is 574 g/mol. The number of amides is 1. The molecule has 0 spiro atoms. The first-order chi connectivity index (χ1) is 14.7. The summed E-state index contributed by atoms with van der Waals surface area (Å²) >= 11 is 0. The Kier molecular flexibility index (Phi) is 11.6. The van der Waals surface area contributed by atoms with E-state index in [0.29, 0.717) is 42.5 Å². The molecule has 0 saturated carbocycles. The van der Waals surface area contributed by atoms with Crippen LogP contribution < -0.4 is 10.6 Å². The monoisotopic (exact) mass is 573 g/mol. The van der Waals surface area contributed by atoms with Crippen LogP contribution in [0.25, 0.3) is 0 Å². The third-order valence-corrected chi connectivity index (χ3v) is 5.92. The van der Waals surface area contributed by atoms with Crippen molar-refractivity contribution >= 4 is 45.7 Å². The third-order valence-electron chi connectivity index (χ3n) is 4.67. The quantitative estimate of drug-likeness (QED) is 0.271. The van der Waals surface area contributed by atoms with Crippen molar-refractivity contribution in [2.45, 2.75) is 31.7 Å². The number of nitrogens with zero attached hydrogens (tertiary/aromatic N) is 3. The molecular formula is C22H32IN5O3S. The maximum absolute atomic E-state index is 12.4. The van der Waals surface area contributed by atoms with Crippen molar-refractivity contribution in [2.24, 2.45) is 4.99 Å². The van der Waals surface area contributed by atoms with Gasteiger partial charge in [0.2, 0.25) is 5.91 Å². The van der Waals surface area contributed by atoms with Gasteiger partial charge in [-0.1, -0.05) is 18.2 Å². The highest BCUT2D eigenvalue weighted by Crippen LogP contribution is 2.17. The van der Waals surface area contributed by atoms with Gasteiger partial charge in [0.05, 0.1) is 18.0 Å². The molecule has 0 atom stereocenters. The Balaban J connectivity index is 0.00000512. The number of carbonyl (C=O) groups is 1. The molecule has 32 heavy (non-hydrogen) atoms. The van der Waals surface area contributed by atoms with Crippen LogP contribution in [0, 0.1) is 6.92 Å². The van der Waals surface area contributed by atoms with E-state index in [4.69, 9.17) is 0 Å². The number of benzene rings is 1. The predicted molar refractivity (Wildman–Crippen MR) is 138 cm³/mol. The molecule has 1 aromatic carbocycles. The summed E-state index contributed by atoms with van der Waals surface area (Å²) in [7, 11) is -1.48. The van der Waals surface area contributed by atoms with Crippen LogP contribution in [0.1, 0.15) is 23.7 Å². The lowest BCUT2D eigenvalue weighted by Gasteiger charge is -2.18. The van der Waals surface area contributed by atoms with E-state index >= 15 is 0 Å². The first kappa shape index (κ1) is 27.8. The van der Waals surface area contributed by atoms with Crippen LogP contribution >= 0.6 is 24.0 Å². The predicted octanol–water partition coefficient (Wildman–Crippen LogP) is 2.17. The number of pyridine rings is 1. The van der Waals surface area contributed by atoms with Gasteiger partial charge in [0.1, 0.15) is 0 Å². The fourth-order valence-corrected chi connectivity index (χ4v) is 3.94. The Hall–Kier alpha value is -2.21. The van der Waals surface area contributed by atoms with Gasteiger partial charge in [-0.05, 0) is 43.2 Å². The maximum atomic E-state index is 12.4. The summed E-state index contributed by atoms with van der Waals surface area (Å²) in [5.74, 6) is 0.480. The lowest BCUT2D eigenvalue weighted by molar-refractivity contribution is -0.128. The Labute approximate surface area is 207 Å². The summed E-state index contributed by atoms with van der Waals surface area (Å²) < 4.78 is 23.5. The van der Waals surface area contributed by atoms with Gasteiger partial charge in [0.15, 0.2) is 15.8 Å². The van der Waals surface area contributed by atoms with E-state index in [9.17, 15) is 13.2 Å². The number of likely N-dealkylation sites (N-methyl/N-ethyl adjacent to an activating group) is 1. The summed E-state index contributed by atoms with van der Waals surface area (Å²) in [5, 5.41) is 6.17. The molecular weight excluding hydrogens is 541 g/mol. The van der Waals surface area contributed by atoms with Crippen molar-refractivity contribution in [2.75, 3.05) is 32.9 Å². The molecule has 1 heterocycles. The fraction of sp³-hybridized carbons (Fsp3) is 0.409. The molecule has 0 aliphatic rings. The van der Waals surface area contributed by atoms with Gasteiger partial charge in [-0.2, -0.15) is 0 Å². The van der Waals surface area contributed by atoms with Crippen molar-refractivity contribution in [1.29, 1.82) is 0 Å². The smallest absolute Gasteiger partial charge is 0.241 e. The standard InChI is InChI=1S/C22H31N5O3S.HI/c1-5-23-22(25-15-18-9-10-20(17(2)14-18)31(4,29)30)26-16-21(28)27(3)13-11-19-8-6-7-12-24-19;/h6-10,12,14H,5,11,13,15-16H2,1-4H3,(H2,23,25,26);1H. The highest BCUT2D eigenvalue weighted by Gasteiger charge is 2.12. The summed E-state index contributed by atoms with van der Waals surface area (Å²) in [4.78, 5) is 23.2. The Morgan fingerprint density at radius 1 is 1.19 bits per heavy atom. The Bertz CT molecular complexity index is 1010. The Morgan fingerprint density at radius 2 is 1.94 bits per heavy atom. The van der Waals surface area contributed by atoms with Gasteiger partial charge in [-0.15, -0.1) is 24.0 Å². The fourth-order valence-electron chi connectivity index (χ4n) is 2.99. The first-order valence-electron chi connectivity index (χ1n) is 10.2. The van der Waals surface area contributed by atoms with Gasteiger partial charge < -0.3 is 15.5 Å². The summed E-state index contributed by atoms with van der Waals surface area (Å²) in [6.07, 6.45) is 3.64. The highest BCUT2D eigenvalue weighted by atomic mass is 127. The van der Waals surface area contributed by atoms with E-state index in [1.54, 1.807) is 37.2 Å². The maximum Gasteiger partial charge on any atom is 0.241 e. The number of nitrogens with one attached hydrogen (secondary N) is 2. The van der Waals surface area contributed by atoms with Crippen molar-refractivity contribution in [3.63, 3.8) is 0 Å². The number of sulfone groups is 1. The van der Waals surface area contributed by atoms with Gasteiger partial charge in [-0.25, -0.2) is 13.4 Å². The van der Waals surface area contributed by atoms with Gasteiger partial charge in [0, 0.05) is 44.7 Å². The van der Waals surface area contributed by atoms with Crippen molar-refractivity contribution in [3.05, 3.63) is 59.4 Å². The van der Waals surface area contributed by atoms with Gasteiger partial charge in [-0.3, -0.25) is 9.78 Å². The van der Waals surface area contributed by atoms with Crippen LogP contribution in [-0.4, -0.2) is 63.1 Å². The molecule has 1 amide bonds. The second kappa shape index (κ2) is 13.4. The molecule has 0 saturated heterocycles. The molecule has 0 unspecified atom stereocenters. The molecule has 0 aliphatic heterocycles. The lowest BCUT2D eigenvalue weighted by Crippen LogP contribution is -2.44. The van der Waals surface area contributed by atoms with E-state index < -0.39 is 9.84 Å². The normalized spacial score (nSPS) is 11.4. The molecule has 2 rings (SSSR count). The molecule has 1 aromatic heterocycles. The zero-order chi connectivity index (χ0) is 22.9. The number of aryl methyl sites for hydroxylation is 1. The topological polar surface area (TPSA) is 104 Å². The number of rotatable bonds is 9. The molecule has 8 nitrogen and oxygen atoms in total. The number of carbonyl (C=O) groups excluding carboxylic acids is 1. The molecule has 0 radical (unpaired) electrons. The highest BCUT2D eigenvalue weighted by molar-refractivity contribution is 14.0. The van der Waals surface area contributed by atoms with Crippen LogP contribution in [0.2, 0.25) is 0 Å². The number of guanidine groups is 1. The minimum atomic E-state index is -3.25. The molecule has 10 heteroatoms.